The molecule has 0 fully saturated rings. The molecule has 1 N–H and O–H groups in total. The van der Waals surface area contributed by atoms with Gasteiger partial charge < -0.3 is 4.98 Å². The third-order valence-corrected chi connectivity index (χ3v) is 3.80. The molecule has 4 rings (SSSR count). The fraction of sp³-hybridized carbons (Fsp3) is 0. The molecule has 0 amide bonds. The molecule has 0 unspecified atom stereocenters. The van der Waals surface area contributed by atoms with Crippen LogP contribution in [0.25, 0.3) is 32.2 Å². The normalized spacial score (nSPS) is 11.3. The summed E-state index contributed by atoms with van der Waals surface area (Å²) in [6.45, 7) is 0. The molecule has 0 aliphatic heterocycles. The summed E-state index contributed by atoms with van der Waals surface area (Å²) >= 11 is 1.63. The molecule has 1 aromatic carbocycles. The second kappa shape index (κ2) is 3.61. The Morgan fingerprint density at radius 2 is 1.94 bits per heavy atom. The van der Waals surface area contributed by atoms with Crippen molar-refractivity contribution >= 4 is 32.7 Å². The van der Waals surface area contributed by atoms with Crippen LogP contribution in [0.2, 0.25) is 0 Å². The number of para-hydroxylation sites is 1. The summed E-state index contributed by atoms with van der Waals surface area (Å²) in [6.07, 6.45) is 1.74. The van der Waals surface area contributed by atoms with Crippen molar-refractivity contribution in [3.05, 3.63) is 42.6 Å². The van der Waals surface area contributed by atoms with Gasteiger partial charge in [-0.1, -0.05) is 12.1 Å². The van der Waals surface area contributed by atoms with Crippen molar-refractivity contribution in [2.24, 2.45) is 0 Å². The molecular formula is C13H8N4S. The lowest BCUT2D eigenvalue weighted by atomic mass is 10.3. The Morgan fingerprint density at radius 3 is 2.83 bits per heavy atom. The number of nitrogens with one attached hydrogen (secondary N) is 1. The Kier molecular flexibility index (Phi) is 1.95. The number of nitrogens with zero attached hydrogens (tertiary/aromatic N) is 3. The van der Waals surface area contributed by atoms with Crippen LogP contribution in [0.15, 0.2) is 42.6 Å². The summed E-state index contributed by atoms with van der Waals surface area (Å²) in [6, 6.07) is 11.9. The smallest absolute Gasteiger partial charge is 0.178 e. The monoisotopic (exact) mass is 252 g/mol. The molecule has 0 radical (unpaired) electrons. The van der Waals surface area contributed by atoms with Gasteiger partial charge in [-0.2, -0.15) is 0 Å². The second-order valence-electron chi connectivity index (χ2n) is 3.95. The lowest BCUT2D eigenvalue weighted by molar-refractivity contribution is 1.28. The summed E-state index contributed by atoms with van der Waals surface area (Å²) in [7, 11) is 0. The van der Waals surface area contributed by atoms with Crippen molar-refractivity contribution in [3.8, 4) is 10.8 Å². The molecule has 0 aliphatic carbocycles. The van der Waals surface area contributed by atoms with Gasteiger partial charge in [0.2, 0.25) is 0 Å². The summed E-state index contributed by atoms with van der Waals surface area (Å²) in [5.74, 6) is 0.782. The molecule has 18 heavy (non-hydrogen) atoms. The number of H-pyrrole nitrogens is 1. The van der Waals surface area contributed by atoms with Crippen molar-refractivity contribution in [2.45, 2.75) is 0 Å². The van der Waals surface area contributed by atoms with E-state index in [2.05, 4.69) is 26.0 Å². The van der Waals surface area contributed by atoms with Gasteiger partial charge >= 0.3 is 0 Å². The largest absolute Gasteiger partial charge is 0.335 e. The van der Waals surface area contributed by atoms with Gasteiger partial charge in [0.05, 0.1) is 15.7 Å². The first-order valence-corrected chi connectivity index (χ1v) is 6.38. The molecule has 3 aromatic heterocycles. The van der Waals surface area contributed by atoms with Crippen LogP contribution in [0.3, 0.4) is 0 Å². The molecule has 0 atom stereocenters. The summed E-state index contributed by atoms with van der Waals surface area (Å²) in [5, 5.41) is 0.897. The minimum Gasteiger partial charge on any atom is -0.335 e. The van der Waals surface area contributed by atoms with E-state index < -0.39 is 0 Å². The van der Waals surface area contributed by atoms with Gasteiger partial charge in [-0.3, -0.25) is 0 Å². The van der Waals surface area contributed by atoms with E-state index in [1.165, 1.54) is 4.70 Å². The molecule has 0 saturated heterocycles. The minimum atomic E-state index is 0.728. The van der Waals surface area contributed by atoms with Gasteiger partial charge in [0, 0.05) is 6.20 Å². The lowest BCUT2D eigenvalue weighted by Gasteiger charge is -1.84. The van der Waals surface area contributed by atoms with Gasteiger partial charge in [-0.25, -0.2) is 15.0 Å². The third-order valence-electron chi connectivity index (χ3n) is 2.75. The van der Waals surface area contributed by atoms with Gasteiger partial charge in [0.1, 0.15) is 0 Å². The molecule has 0 bridgehead atoms. The van der Waals surface area contributed by atoms with Crippen molar-refractivity contribution in [2.75, 3.05) is 0 Å². The first-order chi connectivity index (χ1) is 8.90. The van der Waals surface area contributed by atoms with Crippen molar-refractivity contribution in [1.29, 1.82) is 0 Å². The second-order valence-corrected chi connectivity index (χ2v) is 4.98. The average molecular weight is 252 g/mol. The Morgan fingerprint density at radius 1 is 1.00 bits per heavy atom. The van der Waals surface area contributed by atoms with E-state index in [0.29, 0.717) is 0 Å². The molecule has 0 saturated carbocycles. The van der Waals surface area contributed by atoms with E-state index in [-0.39, 0.29) is 0 Å². The number of rotatable bonds is 1. The third kappa shape index (κ3) is 1.41. The molecular weight excluding hydrogens is 244 g/mol. The van der Waals surface area contributed by atoms with Crippen molar-refractivity contribution < 1.29 is 0 Å². The maximum absolute atomic E-state index is 4.58. The number of aromatic amines is 1. The zero-order valence-electron chi connectivity index (χ0n) is 9.29. The highest BCUT2D eigenvalue weighted by molar-refractivity contribution is 7.21. The first kappa shape index (κ1) is 9.73. The average Bonchev–Trinajstić information content (AvgIpc) is 3.02. The van der Waals surface area contributed by atoms with E-state index in [9.17, 15) is 0 Å². The molecule has 3 heterocycles. The number of aromatic nitrogens is 4. The van der Waals surface area contributed by atoms with Gasteiger partial charge in [0.25, 0.3) is 0 Å². The zero-order chi connectivity index (χ0) is 11.9. The molecule has 4 aromatic rings. The van der Waals surface area contributed by atoms with Crippen LogP contribution in [0.5, 0.6) is 0 Å². The number of thiazole rings is 1. The van der Waals surface area contributed by atoms with Crippen LogP contribution in [0.1, 0.15) is 0 Å². The van der Waals surface area contributed by atoms with Crippen LogP contribution in [-0.2, 0) is 0 Å². The molecule has 5 heteroatoms. The van der Waals surface area contributed by atoms with Crippen LogP contribution < -0.4 is 0 Å². The molecule has 0 aliphatic rings. The quantitative estimate of drug-likeness (QED) is 0.566. The van der Waals surface area contributed by atoms with E-state index in [1.807, 2.05) is 30.3 Å². The van der Waals surface area contributed by atoms with Gasteiger partial charge in [0.15, 0.2) is 16.5 Å². The predicted molar refractivity (Wildman–Crippen MR) is 72.5 cm³/mol. The van der Waals surface area contributed by atoms with Crippen LogP contribution in [0, 0.1) is 0 Å². The van der Waals surface area contributed by atoms with Crippen molar-refractivity contribution in [3.63, 3.8) is 0 Å². The standard InChI is InChI=1S/C13H8N4S/c1-2-6-10-8(4-1)16-13(18-10)12-15-9-5-3-7-14-11(9)17-12/h1-7H,(H,14,15,17). The van der Waals surface area contributed by atoms with E-state index in [4.69, 9.17) is 0 Å². The molecule has 86 valence electrons. The van der Waals surface area contributed by atoms with E-state index in [1.54, 1.807) is 17.5 Å². The number of hydrogen-bond donors (Lipinski definition) is 1. The number of imidazole rings is 1. The summed E-state index contributed by atoms with van der Waals surface area (Å²) < 4.78 is 1.17. The minimum absolute atomic E-state index is 0.728. The SMILES string of the molecule is c1ccc2sc(-c3nc4ncccc4[nH]3)nc2c1. The maximum atomic E-state index is 4.58. The fourth-order valence-electron chi connectivity index (χ4n) is 1.92. The van der Waals surface area contributed by atoms with Crippen molar-refractivity contribution in [1.82, 2.24) is 19.9 Å². The summed E-state index contributed by atoms with van der Waals surface area (Å²) in [4.78, 5) is 16.5. The number of fused-ring (bicyclic) bond motifs is 2. The Labute approximate surface area is 106 Å². The van der Waals surface area contributed by atoms with Crippen LogP contribution >= 0.6 is 11.3 Å². The topological polar surface area (TPSA) is 54.5 Å². The van der Waals surface area contributed by atoms with E-state index >= 15 is 0 Å². The highest BCUT2D eigenvalue weighted by atomic mass is 32.1. The van der Waals surface area contributed by atoms with Crippen LogP contribution in [-0.4, -0.2) is 19.9 Å². The highest BCUT2D eigenvalue weighted by Gasteiger charge is 2.10. The van der Waals surface area contributed by atoms with Gasteiger partial charge in [-0.15, -0.1) is 11.3 Å². The Hall–Kier alpha value is -2.27. The van der Waals surface area contributed by atoms with Gasteiger partial charge in [-0.05, 0) is 24.3 Å². The predicted octanol–water partition coefficient (Wildman–Crippen LogP) is 3.23. The number of benzene rings is 1. The zero-order valence-corrected chi connectivity index (χ0v) is 10.1. The lowest BCUT2D eigenvalue weighted by Crippen LogP contribution is -1.77. The van der Waals surface area contributed by atoms with Crippen LogP contribution in [0.4, 0.5) is 0 Å². The molecule has 4 nitrogen and oxygen atoms in total. The summed E-state index contributed by atoms with van der Waals surface area (Å²) in [5.41, 5.74) is 2.67. The highest BCUT2D eigenvalue weighted by Crippen LogP contribution is 2.28. The molecule has 0 spiro atoms. The fourth-order valence-corrected chi connectivity index (χ4v) is 2.83. The number of hydrogen-bond acceptors (Lipinski definition) is 4. The first-order valence-electron chi connectivity index (χ1n) is 5.57. The number of pyridine rings is 1. The maximum Gasteiger partial charge on any atom is 0.178 e. The Balaban J connectivity index is 1.95. The Bertz CT molecular complexity index is 708. The van der Waals surface area contributed by atoms with E-state index in [0.717, 1.165) is 27.5 Å².